The summed E-state index contributed by atoms with van der Waals surface area (Å²) < 4.78 is 8.30. The molecular formula is C34H19N3O. The van der Waals surface area contributed by atoms with E-state index in [-0.39, 0.29) is 0 Å². The monoisotopic (exact) mass is 485 g/mol. The summed E-state index contributed by atoms with van der Waals surface area (Å²) in [6.07, 6.45) is 2.14. The molecule has 0 radical (unpaired) electrons. The summed E-state index contributed by atoms with van der Waals surface area (Å²) in [7, 11) is 0. The van der Waals surface area contributed by atoms with Crippen LogP contribution >= 0.6 is 0 Å². The number of pyridine rings is 1. The van der Waals surface area contributed by atoms with Crippen molar-refractivity contribution in [1.82, 2.24) is 9.38 Å². The van der Waals surface area contributed by atoms with Crippen LogP contribution in [0.5, 0.6) is 0 Å². The van der Waals surface area contributed by atoms with Crippen molar-refractivity contribution in [3.8, 4) is 28.3 Å². The fourth-order valence-corrected chi connectivity index (χ4v) is 5.76. The topological polar surface area (TPSA) is 54.2 Å². The molecule has 8 rings (SSSR count). The summed E-state index contributed by atoms with van der Waals surface area (Å²) in [5.41, 5.74) is 8.52. The molecule has 4 heteroatoms. The predicted molar refractivity (Wildman–Crippen MR) is 153 cm³/mol. The first kappa shape index (κ1) is 20.8. The van der Waals surface area contributed by atoms with Crippen LogP contribution in [0.25, 0.3) is 71.6 Å². The zero-order chi connectivity index (χ0) is 25.2. The Morgan fingerprint density at radius 1 is 0.605 bits per heavy atom. The van der Waals surface area contributed by atoms with E-state index in [9.17, 15) is 5.26 Å². The maximum Gasteiger partial charge on any atom is 0.232 e. The van der Waals surface area contributed by atoms with Crippen molar-refractivity contribution in [2.24, 2.45) is 0 Å². The molecular weight excluding hydrogens is 466 g/mol. The molecule has 0 aliphatic heterocycles. The van der Waals surface area contributed by atoms with Crippen LogP contribution in [0.15, 0.2) is 120 Å². The zero-order valence-electron chi connectivity index (χ0n) is 20.2. The average Bonchev–Trinajstić information content (AvgIpc) is 3.52. The van der Waals surface area contributed by atoms with Crippen molar-refractivity contribution in [2.75, 3.05) is 0 Å². The van der Waals surface area contributed by atoms with Gasteiger partial charge in [-0.05, 0) is 80.2 Å². The van der Waals surface area contributed by atoms with E-state index in [1.165, 1.54) is 32.7 Å². The van der Waals surface area contributed by atoms with E-state index >= 15 is 0 Å². The molecule has 0 spiro atoms. The maximum absolute atomic E-state index is 9.31. The molecule has 8 aromatic rings. The van der Waals surface area contributed by atoms with Crippen LogP contribution in [0.4, 0.5) is 0 Å². The molecule has 0 N–H and O–H groups in total. The molecule has 0 unspecified atom stereocenters. The maximum atomic E-state index is 9.31. The summed E-state index contributed by atoms with van der Waals surface area (Å²) in [6.45, 7) is 0. The molecule has 3 heterocycles. The standard InChI is InChI=1S/C34H19N3O/c35-19-21-13-15-22(16-14-21)31-24-7-1-3-9-26(24)32(27-10-4-2-8-25(27)31)23-17-18-30-36-33-28-11-5-6-12-29(28)38-34(33)37(30)20-23/h1-18,20H. The van der Waals surface area contributed by atoms with Gasteiger partial charge in [-0.3, -0.25) is 4.40 Å². The lowest BCUT2D eigenvalue weighted by atomic mass is 9.86. The van der Waals surface area contributed by atoms with Gasteiger partial charge in [0.2, 0.25) is 5.71 Å². The van der Waals surface area contributed by atoms with Crippen LogP contribution in [0.3, 0.4) is 0 Å². The van der Waals surface area contributed by atoms with Gasteiger partial charge in [0, 0.05) is 11.6 Å². The summed E-state index contributed by atoms with van der Waals surface area (Å²) in [6, 6.07) is 39.5. The van der Waals surface area contributed by atoms with Gasteiger partial charge >= 0.3 is 0 Å². The SMILES string of the molecule is N#Cc1ccc(-c2c3ccccc3c(-c3ccc4nc5c6ccccc6oc5n4c3)c3ccccc23)cc1. The number of nitrogens with zero attached hydrogens (tertiary/aromatic N) is 3. The smallest absolute Gasteiger partial charge is 0.232 e. The van der Waals surface area contributed by atoms with Crippen molar-refractivity contribution in [3.63, 3.8) is 0 Å². The van der Waals surface area contributed by atoms with Gasteiger partial charge in [-0.15, -0.1) is 0 Å². The summed E-state index contributed by atoms with van der Waals surface area (Å²) >= 11 is 0. The highest BCUT2D eigenvalue weighted by atomic mass is 16.3. The lowest BCUT2D eigenvalue weighted by Crippen LogP contribution is -1.92. The minimum Gasteiger partial charge on any atom is -0.437 e. The third-order valence-corrected chi connectivity index (χ3v) is 7.45. The molecule has 0 fully saturated rings. The number of furan rings is 1. The van der Waals surface area contributed by atoms with Gasteiger partial charge < -0.3 is 4.42 Å². The second kappa shape index (κ2) is 7.80. The van der Waals surface area contributed by atoms with Crippen molar-refractivity contribution in [1.29, 1.82) is 5.26 Å². The van der Waals surface area contributed by atoms with E-state index in [1.807, 2.05) is 42.5 Å². The van der Waals surface area contributed by atoms with E-state index in [4.69, 9.17) is 9.40 Å². The number of nitriles is 1. The van der Waals surface area contributed by atoms with Crippen LogP contribution in [0.2, 0.25) is 0 Å². The average molecular weight is 486 g/mol. The lowest BCUT2D eigenvalue weighted by molar-refractivity contribution is 0.649. The predicted octanol–water partition coefficient (Wildman–Crippen LogP) is 8.75. The number of fused-ring (bicyclic) bond motifs is 7. The van der Waals surface area contributed by atoms with Gasteiger partial charge in [-0.1, -0.05) is 72.8 Å². The number of hydrogen-bond acceptors (Lipinski definition) is 3. The van der Waals surface area contributed by atoms with Gasteiger partial charge in [0.25, 0.3) is 0 Å². The normalized spacial score (nSPS) is 11.7. The Bertz CT molecular complexity index is 2190. The van der Waals surface area contributed by atoms with Gasteiger partial charge in [-0.25, -0.2) is 4.98 Å². The molecule has 0 saturated heterocycles. The van der Waals surface area contributed by atoms with E-state index in [1.54, 1.807) is 0 Å². The fourth-order valence-electron chi connectivity index (χ4n) is 5.76. The van der Waals surface area contributed by atoms with Gasteiger partial charge in [-0.2, -0.15) is 5.26 Å². The Morgan fingerprint density at radius 3 is 1.79 bits per heavy atom. The molecule has 0 bridgehead atoms. The Balaban J connectivity index is 1.46. The summed E-state index contributed by atoms with van der Waals surface area (Å²) in [5.74, 6) is 0. The van der Waals surface area contributed by atoms with Crippen LogP contribution in [0, 0.1) is 11.3 Å². The largest absolute Gasteiger partial charge is 0.437 e. The summed E-state index contributed by atoms with van der Waals surface area (Å²) in [4.78, 5) is 4.88. The quantitative estimate of drug-likeness (QED) is 0.230. The summed E-state index contributed by atoms with van der Waals surface area (Å²) in [5, 5.41) is 15.0. The lowest BCUT2D eigenvalue weighted by Gasteiger charge is -2.17. The first-order valence-electron chi connectivity index (χ1n) is 12.5. The minimum absolute atomic E-state index is 0.657. The Morgan fingerprint density at radius 2 is 1.16 bits per heavy atom. The van der Waals surface area contributed by atoms with Gasteiger partial charge in [0.15, 0.2) is 0 Å². The number of aromatic nitrogens is 2. The highest BCUT2D eigenvalue weighted by Gasteiger charge is 2.18. The van der Waals surface area contributed by atoms with Crippen LogP contribution in [-0.4, -0.2) is 9.38 Å². The second-order valence-corrected chi connectivity index (χ2v) is 9.54. The van der Waals surface area contributed by atoms with E-state index in [0.717, 1.165) is 39.0 Å². The van der Waals surface area contributed by atoms with Crippen molar-refractivity contribution < 1.29 is 4.42 Å². The second-order valence-electron chi connectivity index (χ2n) is 9.54. The van der Waals surface area contributed by atoms with E-state index < -0.39 is 0 Å². The van der Waals surface area contributed by atoms with Gasteiger partial charge in [0.05, 0.1) is 11.6 Å². The Labute approximate surface area is 217 Å². The Kier molecular flexibility index (Phi) is 4.26. The highest BCUT2D eigenvalue weighted by molar-refractivity contribution is 6.21. The molecule has 0 atom stereocenters. The molecule has 3 aromatic heterocycles. The highest BCUT2D eigenvalue weighted by Crippen LogP contribution is 2.43. The zero-order valence-corrected chi connectivity index (χ0v) is 20.2. The van der Waals surface area contributed by atoms with Crippen LogP contribution in [0.1, 0.15) is 5.56 Å². The minimum atomic E-state index is 0.657. The number of rotatable bonds is 2. The molecule has 0 aliphatic carbocycles. The number of hydrogen-bond donors (Lipinski definition) is 0. The van der Waals surface area contributed by atoms with Crippen LogP contribution < -0.4 is 0 Å². The fraction of sp³-hybridized carbons (Fsp3) is 0. The molecule has 38 heavy (non-hydrogen) atoms. The third-order valence-electron chi connectivity index (χ3n) is 7.45. The molecule has 176 valence electrons. The van der Waals surface area contributed by atoms with Crippen molar-refractivity contribution >= 4 is 49.4 Å². The van der Waals surface area contributed by atoms with E-state index in [0.29, 0.717) is 5.56 Å². The molecule has 0 amide bonds. The molecule has 4 nitrogen and oxygen atoms in total. The Hall–Kier alpha value is -5.40. The number of imidazole rings is 1. The van der Waals surface area contributed by atoms with Crippen molar-refractivity contribution in [2.45, 2.75) is 0 Å². The van der Waals surface area contributed by atoms with Gasteiger partial charge in [0.1, 0.15) is 16.7 Å². The molecule has 0 aliphatic rings. The molecule has 5 aromatic carbocycles. The third kappa shape index (κ3) is 2.87. The first-order chi connectivity index (χ1) is 18.8. The number of para-hydroxylation sites is 1. The molecule has 0 saturated carbocycles. The van der Waals surface area contributed by atoms with E-state index in [2.05, 4.69) is 83.4 Å². The number of benzene rings is 5. The van der Waals surface area contributed by atoms with Crippen LogP contribution in [-0.2, 0) is 0 Å². The first-order valence-corrected chi connectivity index (χ1v) is 12.5. The van der Waals surface area contributed by atoms with Crippen molar-refractivity contribution in [3.05, 3.63) is 121 Å².